The third kappa shape index (κ3) is 2.77. The number of carboxylic acid groups (broad SMARTS) is 1. The van der Waals surface area contributed by atoms with Crippen molar-refractivity contribution in [2.45, 2.75) is 25.4 Å². The predicted octanol–water partition coefficient (Wildman–Crippen LogP) is 1.33. The largest absolute Gasteiger partial charge is 0.481 e. The second-order valence-electron chi connectivity index (χ2n) is 4.44. The molecule has 0 aromatic heterocycles. The highest BCUT2D eigenvalue weighted by atomic mass is 16.4. The highest BCUT2D eigenvalue weighted by molar-refractivity contribution is 5.69. The molecule has 0 aliphatic carbocycles. The first-order valence-electron chi connectivity index (χ1n) is 5.95. The van der Waals surface area contributed by atoms with Crippen molar-refractivity contribution in [3.05, 3.63) is 30.3 Å². The topological polar surface area (TPSA) is 52.6 Å². The van der Waals surface area contributed by atoms with Crippen molar-refractivity contribution in [1.82, 2.24) is 5.32 Å². The maximum absolute atomic E-state index is 10.9. The van der Waals surface area contributed by atoms with Gasteiger partial charge in [-0.2, -0.15) is 0 Å². The molecule has 2 N–H and O–H groups in total. The van der Waals surface area contributed by atoms with E-state index < -0.39 is 5.97 Å². The van der Waals surface area contributed by atoms with Crippen LogP contribution in [0.15, 0.2) is 30.3 Å². The van der Waals surface area contributed by atoms with E-state index in [0.29, 0.717) is 0 Å². The standard InChI is InChI=1S/C13H18N2O2/c1-10-12(9-13(16)17)15(8-7-14-10)11-5-3-2-4-6-11/h2-6,10,12,14H,7-9H2,1H3,(H,16,17)/t10-,12-/m0/s1. The number of para-hydroxylation sites is 1. The maximum atomic E-state index is 10.9. The van der Waals surface area contributed by atoms with E-state index in [1.807, 2.05) is 37.3 Å². The summed E-state index contributed by atoms with van der Waals surface area (Å²) in [6.45, 7) is 3.79. The Balaban J connectivity index is 2.20. The number of aliphatic carboxylic acids is 1. The Labute approximate surface area is 101 Å². The second-order valence-corrected chi connectivity index (χ2v) is 4.44. The van der Waals surface area contributed by atoms with Gasteiger partial charge in [0.05, 0.1) is 12.5 Å². The molecule has 1 fully saturated rings. The molecule has 4 nitrogen and oxygen atoms in total. The number of hydrogen-bond acceptors (Lipinski definition) is 3. The lowest BCUT2D eigenvalue weighted by Gasteiger charge is -2.41. The third-order valence-corrected chi connectivity index (χ3v) is 3.27. The first-order valence-corrected chi connectivity index (χ1v) is 5.95. The van der Waals surface area contributed by atoms with E-state index in [2.05, 4.69) is 10.2 Å². The predicted molar refractivity (Wildman–Crippen MR) is 67.3 cm³/mol. The van der Waals surface area contributed by atoms with Crippen LogP contribution in [-0.2, 0) is 4.79 Å². The molecule has 0 saturated carbocycles. The average Bonchev–Trinajstić information content (AvgIpc) is 2.32. The summed E-state index contributed by atoms with van der Waals surface area (Å²) >= 11 is 0. The summed E-state index contributed by atoms with van der Waals surface area (Å²) in [4.78, 5) is 13.1. The van der Waals surface area contributed by atoms with Crippen LogP contribution in [0.1, 0.15) is 13.3 Å². The maximum Gasteiger partial charge on any atom is 0.305 e. The van der Waals surface area contributed by atoms with E-state index in [1.54, 1.807) is 0 Å². The lowest BCUT2D eigenvalue weighted by molar-refractivity contribution is -0.137. The Morgan fingerprint density at radius 2 is 2.18 bits per heavy atom. The number of benzene rings is 1. The molecule has 1 heterocycles. The molecule has 1 aliphatic heterocycles. The van der Waals surface area contributed by atoms with Crippen LogP contribution in [0.25, 0.3) is 0 Å². The van der Waals surface area contributed by atoms with Gasteiger partial charge in [0.1, 0.15) is 0 Å². The van der Waals surface area contributed by atoms with Crippen molar-refractivity contribution >= 4 is 11.7 Å². The summed E-state index contributed by atoms with van der Waals surface area (Å²) in [6, 6.07) is 10.2. The SMILES string of the molecule is C[C@@H]1NCCN(c2ccccc2)[C@H]1CC(=O)O. The van der Waals surface area contributed by atoms with Gasteiger partial charge in [0.2, 0.25) is 0 Å². The van der Waals surface area contributed by atoms with Gasteiger partial charge in [0.15, 0.2) is 0 Å². The molecule has 0 radical (unpaired) electrons. The molecule has 1 aromatic rings. The summed E-state index contributed by atoms with van der Waals surface area (Å²) in [5, 5.41) is 12.3. The van der Waals surface area contributed by atoms with E-state index in [4.69, 9.17) is 5.11 Å². The van der Waals surface area contributed by atoms with Crippen molar-refractivity contribution in [3.63, 3.8) is 0 Å². The molecule has 2 atom stereocenters. The monoisotopic (exact) mass is 234 g/mol. The van der Waals surface area contributed by atoms with Crippen LogP contribution in [0.3, 0.4) is 0 Å². The zero-order chi connectivity index (χ0) is 12.3. The van der Waals surface area contributed by atoms with E-state index in [1.165, 1.54) is 0 Å². The minimum atomic E-state index is -0.744. The zero-order valence-electron chi connectivity index (χ0n) is 9.97. The van der Waals surface area contributed by atoms with Crippen molar-refractivity contribution < 1.29 is 9.90 Å². The van der Waals surface area contributed by atoms with Gasteiger partial charge in [-0.1, -0.05) is 18.2 Å². The summed E-state index contributed by atoms with van der Waals surface area (Å²) in [5.41, 5.74) is 1.10. The van der Waals surface area contributed by atoms with Gasteiger partial charge in [-0.15, -0.1) is 0 Å². The number of nitrogens with zero attached hydrogens (tertiary/aromatic N) is 1. The number of piperazine rings is 1. The Bertz CT molecular complexity index is 380. The lowest BCUT2D eigenvalue weighted by Crippen LogP contribution is -2.57. The minimum Gasteiger partial charge on any atom is -0.481 e. The van der Waals surface area contributed by atoms with Crippen LogP contribution in [-0.4, -0.2) is 36.2 Å². The van der Waals surface area contributed by atoms with E-state index in [9.17, 15) is 4.79 Å². The highest BCUT2D eigenvalue weighted by Gasteiger charge is 2.30. The highest BCUT2D eigenvalue weighted by Crippen LogP contribution is 2.22. The Kier molecular flexibility index (Phi) is 3.64. The van der Waals surface area contributed by atoms with E-state index >= 15 is 0 Å². The number of rotatable bonds is 3. The quantitative estimate of drug-likeness (QED) is 0.828. The minimum absolute atomic E-state index is 0.0173. The Hall–Kier alpha value is -1.55. The summed E-state index contributed by atoms with van der Waals surface area (Å²) in [5.74, 6) is -0.744. The molecule has 0 spiro atoms. The summed E-state index contributed by atoms with van der Waals surface area (Å²) < 4.78 is 0. The number of hydrogen-bond donors (Lipinski definition) is 2. The van der Waals surface area contributed by atoms with E-state index in [-0.39, 0.29) is 18.5 Å². The van der Waals surface area contributed by atoms with Gasteiger partial charge in [-0.05, 0) is 19.1 Å². The van der Waals surface area contributed by atoms with Crippen molar-refractivity contribution in [2.24, 2.45) is 0 Å². The molecule has 92 valence electrons. The third-order valence-electron chi connectivity index (χ3n) is 3.27. The van der Waals surface area contributed by atoms with E-state index in [0.717, 1.165) is 18.8 Å². The fourth-order valence-electron chi connectivity index (χ4n) is 2.39. The number of nitrogens with one attached hydrogen (secondary N) is 1. The molecule has 17 heavy (non-hydrogen) atoms. The summed E-state index contributed by atoms with van der Waals surface area (Å²) in [7, 11) is 0. The lowest BCUT2D eigenvalue weighted by atomic mass is 10.0. The van der Waals surface area contributed by atoms with Crippen LogP contribution in [0.5, 0.6) is 0 Å². The zero-order valence-corrected chi connectivity index (χ0v) is 9.97. The van der Waals surface area contributed by atoms with Gasteiger partial charge in [-0.25, -0.2) is 0 Å². The molecule has 0 unspecified atom stereocenters. The molecular formula is C13H18N2O2. The number of carbonyl (C=O) groups is 1. The molecular weight excluding hydrogens is 216 g/mol. The van der Waals surface area contributed by atoms with Crippen LogP contribution < -0.4 is 10.2 Å². The molecule has 2 rings (SSSR count). The first kappa shape index (κ1) is 11.9. The van der Waals surface area contributed by atoms with Crippen molar-refractivity contribution in [1.29, 1.82) is 0 Å². The van der Waals surface area contributed by atoms with Gasteiger partial charge in [0.25, 0.3) is 0 Å². The molecule has 0 bridgehead atoms. The second kappa shape index (κ2) is 5.19. The molecule has 0 amide bonds. The van der Waals surface area contributed by atoms with Crippen molar-refractivity contribution in [2.75, 3.05) is 18.0 Å². The Morgan fingerprint density at radius 3 is 2.82 bits per heavy atom. The van der Waals surface area contributed by atoms with Gasteiger partial charge in [-0.3, -0.25) is 4.79 Å². The van der Waals surface area contributed by atoms with Gasteiger partial charge < -0.3 is 15.3 Å². The van der Waals surface area contributed by atoms with Crippen LogP contribution in [0, 0.1) is 0 Å². The van der Waals surface area contributed by atoms with Crippen molar-refractivity contribution in [3.8, 4) is 0 Å². The van der Waals surface area contributed by atoms with Gasteiger partial charge >= 0.3 is 5.97 Å². The normalized spacial score (nSPS) is 24.6. The fraction of sp³-hybridized carbons (Fsp3) is 0.462. The molecule has 1 aliphatic rings. The molecule has 4 heteroatoms. The molecule has 1 aromatic carbocycles. The smallest absolute Gasteiger partial charge is 0.305 e. The summed E-state index contributed by atoms with van der Waals surface area (Å²) in [6.07, 6.45) is 0.170. The van der Waals surface area contributed by atoms with Crippen LogP contribution in [0.2, 0.25) is 0 Å². The van der Waals surface area contributed by atoms with Gasteiger partial charge in [0, 0.05) is 24.8 Å². The Morgan fingerprint density at radius 1 is 1.47 bits per heavy atom. The fourth-order valence-corrected chi connectivity index (χ4v) is 2.39. The average molecular weight is 234 g/mol. The van der Waals surface area contributed by atoms with Crippen LogP contribution >= 0.6 is 0 Å². The number of anilines is 1. The molecule has 1 saturated heterocycles. The first-order chi connectivity index (χ1) is 8.18. The number of carboxylic acids is 1. The van der Waals surface area contributed by atoms with Crippen LogP contribution in [0.4, 0.5) is 5.69 Å².